The van der Waals surface area contributed by atoms with E-state index in [1.165, 1.54) is 0 Å². The molecule has 0 radical (unpaired) electrons. The fraction of sp³-hybridized carbons (Fsp3) is 0.500. The lowest BCUT2D eigenvalue weighted by molar-refractivity contribution is -0.130. The van der Waals surface area contributed by atoms with E-state index in [4.69, 9.17) is 9.47 Å². The Balaban J connectivity index is 2.16. The van der Waals surface area contributed by atoms with Crippen molar-refractivity contribution in [1.82, 2.24) is 4.90 Å². The summed E-state index contributed by atoms with van der Waals surface area (Å²) in [5, 5.41) is 0. The number of para-hydroxylation sites is 1. The second-order valence-electron chi connectivity index (χ2n) is 4.07. The second-order valence-corrected chi connectivity index (χ2v) is 4.07. The first kappa shape index (κ1) is 14.5. The minimum absolute atomic E-state index is 0.0991. The number of benzene rings is 1. The Morgan fingerprint density at radius 1 is 1.22 bits per heavy atom. The predicted molar refractivity (Wildman–Crippen MR) is 70.7 cm³/mol. The van der Waals surface area contributed by atoms with Gasteiger partial charge in [0.25, 0.3) is 0 Å². The van der Waals surface area contributed by atoms with Crippen LogP contribution in [-0.2, 0) is 9.53 Å². The van der Waals surface area contributed by atoms with Crippen LogP contribution in [0.15, 0.2) is 30.3 Å². The molecule has 0 saturated carbocycles. The molecule has 0 aliphatic carbocycles. The number of ether oxygens (including phenoxy) is 2. The van der Waals surface area contributed by atoms with Gasteiger partial charge < -0.3 is 14.4 Å². The number of methoxy groups -OCH3 is 1. The molecule has 0 saturated heterocycles. The van der Waals surface area contributed by atoms with Gasteiger partial charge in [-0.2, -0.15) is 0 Å². The van der Waals surface area contributed by atoms with E-state index < -0.39 is 0 Å². The summed E-state index contributed by atoms with van der Waals surface area (Å²) in [5.41, 5.74) is 0. The molecule has 100 valence electrons. The molecule has 0 atom stereocenters. The van der Waals surface area contributed by atoms with Crippen LogP contribution in [0.3, 0.4) is 0 Å². The molecule has 1 amide bonds. The van der Waals surface area contributed by atoms with Crippen LogP contribution in [0, 0.1) is 0 Å². The maximum Gasteiger partial charge on any atom is 0.225 e. The van der Waals surface area contributed by atoms with Crippen molar-refractivity contribution in [2.75, 3.05) is 33.9 Å². The molecule has 0 heterocycles. The van der Waals surface area contributed by atoms with Gasteiger partial charge in [-0.1, -0.05) is 18.2 Å². The SMILES string of the molecule is COCCCN(C)C(=O)CCOc1ccccc1. The summed E-state index contributed by atoms with van der Waals surface area (Å²) in [7, 11) is 3.47. The maximum absolute atomic E-state index is 11.7. The number of hydrogen-bond acceptors (Lipinski definition) is 3. The van der Waals surface area contributed by atoms with Crippen LogP contribution in [0.4, 0.5) is 0 Å². The first-order valence-electron chi connectivity index (χ1n) is 6.15. The molecular formula is C14H21NO3. The number of carbonyl (C=O) groups excluding carboxylic acids is 1. The fourth-order valence-electron chi connectivity index (χ4n) is 1.53. The predicted octanol–water partition coefficient (Wildman–Crippen LogP) is 1.95. The number of carbonyl (C=O) groups is 1. The standard InChI is InChI=1S/C14H21NO3/c1-15(10-6-11-17-2)14(16)9-12-18-13-7-4-3-5-8-13/h3-5,7-8H,6,9-12H2,1-2H3. The summed E-state index contributed by atoms with van der Waals surface area (Å²) in [6, 6.07) is 9.52. The van der Waals surface area contributed by atoms with Gasteiger partial charge in [0.15, 0.2) is 0 Å². The monoisotopic (exact) mass is 251 g/mol. The average Bonchev–Trinajstić information content (AvgIpc) is 2.40. The van der Waals surface area contributed by atoms with Gasteiger partial charge in [-0.25, -0.2) is 0 Å². The second kappa shape index (κ2) is 8.53. The smallest absolute Gasteiger partial charge is 0.225 e. The van der Waals surface area contributed by atoms with Gasteiger partial charge in [0.2, 0.25) is 5.91 Å². The Hall–Kier alpha value is -1.55. The largest absolute Gasteiger partial charge is 0.493 e. The third kappa shape index (κ3) is 5.68. The van der Waals surface area contributed by atoms with Crippen LogP contribution in [0.2, 0.25) is 0 Å². The normalized spacial score (nSPS) is 10.1. The summed E-state index contributed by atoms with van der Waals surface area (Å²) in [6.07, 6.45) is 1.26. The van der Waals surface area contributed by atoms with Crippen molar-refractivity contribution >= 4 is 5.91 Å². The molecule has 4 heteroatoms. The first-order valence-corrected chi connectivity index (χ1v) is 6.15. The zero-order valence-electron chi connectivity index (χ0n) is 11.1. The average molecular weight is 251 g/mol. The molecule has 0 bridgehead atoms. The van der Waals surface area contributed by atoms with Crippen LogP contribution in [-0.4, -0.2) is 44.7 Å². The summed E-state index contributed by atoms with van der Waals surface area (Å²) in [6.45, 7) is 1.81. The van der Waals surface area contributed by atoms with Crippen molar-refractivity contribution in [3.63, 3.8) is 0 Å². The minimum Gasteiger partial charge on any atom is -0.493 e. The summed E-state index contributed by atoms with van der Waals surface area (Å²) < 4.78 is 10.4. The minimum atomic E-state index is 0.0991. The Morgan fingerprint density at radius 3 is 2.61 bits per heavy atom. The lowest BCUT2D eigenvalue weighted by atomic mass is 10.3. The van der Waals surface area contributed by atoms with Gasteiger partial charge >= 0.3 is 0 Å². The number of hydrogen-bond donors (Lipinski definition) is 0. The van der Waals surface area contributed by atoms with Gasteiger partial charge in [-0.15, -0.1) is 0 Å². The third-order valence-corrected chi connectivity index (χ3v) is 2.60. The zero-order chi connectivity index (χ0) is 13.2. The van der Waals surface area contributed by atoms with Crippen LogP contribution in [0.1, 0.15) is 12.8 Å². The van der Waals surface area contributed by atoms with Crippen LogP contribution in [0.5, 0.6) is 5.75 Å². The highest BCUT2D eigenvalue weighted by Crippen LogP contribution is 2.08. The molecule has 4 nitrogen and oxygen atoms in total. The van der Waals surface area contributed by atoms with Crippen LogP contribution in [0.25, 0.3) is 0 Å². The van der Waals surface area contributed by atoms with E-state index in [1.807, 2.05) is 30.3 Å². The molecule has 1 aromatic carbocycles. The molecule has 0 aromatic heterocycles. The molecule has 18 heavy (non-hydrogen) atoms. The summed E-state index contributed by atoms with van der Waals surface area (Å²) >= 11 is 0. The number of amides is 1. The fourth-order valence-corrected chi connectivity index (χ4v) is 1.53. The highest BCUT2D eigenvalue weighted by Gasteiger charge is 2.08. The zero-order valence-corrected chi connectivity index (χ0v) is 11.1. The summed E-state index contributed by atoms with van der Waals surface area (Å²) in [5.74, 6) is 0.898. The quantitative estimate of drug-likeness (QED) is 0.663. The van der Waals surface area contributed by atoms with E-state index in [-0.39, 0.29) is 5.91 Å². The highest BCUT2D eigenvalue weighted by molar-refractivity contribution is 5.75. The van der Waals surface area contributed by atoms with E-state index in [0.29, 0.717) is 19.6 Å². The highest BCUT2D eigenvalue weighted by atomic mass is 16.5. The van der Waals surface area contributed by atoms with Gasteiger partial charge in [-0.3, -0.25) is 4.79 Å². The Kier molecular flexibility index (Phi) is 6.87. The topological polar surface area (TPSA) is 38.8 Å². The lowest BCUT2D eigenvalue weighted by Crippen LogP contribution is -2.29. The van der Waals surface area contributed by atoms with Gasteiger partial charge in [0.1, 0.15) is 5.75 Å². The molecule has 0 aliphatic heterocycles. The van der Waals surface area contributed by atoms with Crippen molar-refractivity contribution in [2.45, 2.75) is 12.8 Å². The summed E-state index contributed by atoms with van der Waals surface area (Å²) in [4.78, 5) is 13.4. The molecule has 1 rings (SSSR count). The lowest BCUT2D eigenvalue weighted by Gasteiger charge is -2.17. The molecule has 0 unspecified atom stereocenters. The van der Waals surface area contributed by atoms with Gasteiger partial charge in [-0.05, 0) is 18.6 Å². The number of rotatable bonds is 8. The van der Waals surface area contributed by atoms with E-state index in [1.54, 1.807) is 19.1 Å². The van der Waals surface area contributed by atoms with E-state index in [0.717, 1.165) is 18.7 Å². The Bertz CT molecular complexity index is 340. The van der Waals surface area contributed by atoms with E-state index in [9.17, 15) is 4.79 Å². The van der Waals surface area contributed by atoms with Crippen LogP contribution >= 0.6 is 0 Å². The van der Waals surface area contributed by atoms with Crippen molar-refractivity contribution in [3.8, 4) is 5.75 Å². The van der Waals surface area contributed by atoms with Crippen molar-refractivity contribution < 1.29 is 14.3 Å². The number of nitrogens with zero attached hydrogens (tertiary/aromatic N) is 1. The van der Waals surface area contributed by atoms with E-state index in [2.05, 4.69) is 0 Å². The third-order valence-electron chi connectivity index (χ3n) is 2.60. The molecular weight excluding hydrogens is 230 g/mol. The van der Waals surface area contributed by atoms with Gasteiger partial charge in [0, 0.05) is 27.3 Å². The van der Waals surface area contributed by atoms with Crippen molar-refractivity contribution in [3.05, 3.63) is 30.3 Å². The molecule has 0 spiro atoms. The van der Waals surface area contributed by atoms with Crippen molar-refractivity contribution in [1.29, 1.82) is 0 Å². The van der Waals surface area contributed by atoms with Gasteiger partial charge in [0.05, 0.1) is 13.0 Å². The Morgan fingerprint density at radius 2 is 1.94 bits per heavy atom. The molecule has 1 aromatic rings. The first-order chi connectivity index (χ1) is 8.74. The Labute approximate surface area is 108 Å². The van der Waals surface area contributed by atoms with Crippen LogP contribution < -0.4 is 4.74 Å². The molecule has 0 N–H and O–H groups in total. The maximum atomic E-state index is 11.7. The van der Waals surface area contributed by atoms with Crippen molar-refractivity contribution in [2.24, 2.45) is 0 Å². The molecule has 0 fully saturated rings. The molecule has 0 aliphatic rings. The van der Waals surface area contributed by atoms with E-state index >= 15 is 0 Å².